The highest BCUT2D eigenvalue weighted by atomic mass is 15.2. The van der Waals surface area contributed by atoms with E-state index in [1.54, 1.807) is 0 Å². The van der Waals surface area contributed by atoms with Gasteiger partial charge in [0.1, 0.15) is 0 Å². The first-order valence-corrected chi connectivity index (χ1v) is 6.29. The molecule has 1 aliphatic heterocycles. The van der Waals surface area contributed by atoms with Gasteiger partial charge in [0, 0.05) is 5.54 Å². The summed E-state index contributed by atoms with van der Waals surface area (Å²) in [4.78, 5) is 2.50. The molecular weight excluding hydrogens is 194 g/mol. The highest BCUT2D eigenvalue weighted by Gasteiger charge is 2.39. The van der Waals surface area contributed by atoms with Crippen molar-refractivity contribution in [2.24, 2.45) is 5.92 Å². The molecule has 1 saturated heterocycles. The summed E-state index contributed by atoms with van der Waals surface area (Å²) in [6.07, 6.45) is 1.28. The molecule has 2 rings (SSSR count). The van der Waals surface area contributed by atoms with Crippen molar-refractivity contribution in [3.63, 3.8) is 0 Å². The summed E-state index contributed by atoms with van der Waals surface area (Å²) in [5.74, 6) is 1.42. The van der Waals surface area contributed by atoms with Crippen LogP contribution in [0.4, 0.5) is 0 Å². The molecule has 1 aromatic carbocycles. The fourth-order valence-corrected chi connectivity index (χ4v) is 2.87. The Kier molecular flexibility index (Phi) is 3.07. The van der Waals surface area contributed by atoms with E-state index >= 15 is 0 Å². The standard InChI is InChI=1S/C15H23N/c1-12-14(13-8-6-5-7-9-13)10-11-16(4)15(12,2)3/h5-9,12,14H,10-11H2,1-4H3. The zero-order chi connectivity index (χ0) is 11.8. The van der Waals surface area contributed by atoms with Gasteiger partial charge in [-0.2, -0.15) is 0 Å². The van der Waals surface area contributed by atoms with Crippen LogP contribution in [-0.2, 0) is 0 Å². The van der Waals surface area contributed by atoms with Crippen molar-refractivity contribution in [3.8, 4) is 0 Å². The van der Waals surface area contributed by atoms with Gasteiger partial charge < -0.3 is 4.90 Å². The van der Waals surface area contributed by atoms with Crippen LogP contribution in [-0.4, -0.2) is 24.0 Å². The number of rotatable bonds is 1. The van der Waals surface area contributed by atoms with Crippen molar-refractivity contribution in [1.82, 2.24) is 4.90 Å². The van der Waals surface area contributed by atoms with Crippen LogP contribution in [0, 0.1) is 5.92 Å². The number of piperidine rings is 1. The molecule has 1 heteroatoms. The third kappa shape index (κ3) is 1.89. The number of hydrogen-bond acceptors (Lipinski definition) is 1. The Morgan fingerprint density at radius 3 is 2.44 bits per heavy atom. The van der Waals surface area contributed by atoms with Gasteiger partial charge in [0.2, 0.25) is 0 Å². The first-order valence-electron chi connectivity index (χ1n) is 6.29. The van der Waals surface area contributed by atoms with E-state index in [2.05, 4.69) is 63.1 Å². The summed E-state index contributed by atoms with van der Waals surface area (Å²) in [5.41, 5.74) is 1.81. The maximum Gasteiger partial charge on any atom is 0.0181 e. The van der Waals surface area contributed by atoms with Gasteiger partial charge in [0.05, 0.1) is 0 Å². The molecule has 0 N–H and O–H groups in total. The minimum Gasteiger partial charge on any atom is -0.301 e. The lowest BCUT2D eigenvalue weighted by Crippen LogP contribution is -2.52. The molecule has 2 unspecified atom stereocenters. The van der Waals surface area contributed by atoms with Crippen LogP contribution in [0.5, 0.6) is 0 Å². The van der Waals surface area contributed by atoms with Gasteiger partial charge in [-0.1, -0.05) is 37.3 Å². The molecule has 1 nitrogen and oxygen atoms in total. The highest BCUT2D eigenvalue weighted by molar-refractivity contribution is 5.22. The summed E-state index contributed by atoms with van der Waals surface area (Å²) in [7, 11) is 2.25. The number of nitrogens with zero attached hydrogens (tertiary/aromatic N) is 1. The quantitative estimate of drug-likeness (QED) is 0.695. The van der Waals surface area contributed by atoms with E-state index in [4.69, 9.17) is 0 Å². The molecule has 88 valence electrons. The van der Waals surface area contributed by atoms with E-state index in [1.807, 2.05) is 0 Å². The van der Waals surface area contributed by atoms with Crippen LogP contribution in [0.3, 0.4) is 0 Å². The van der Waals surface area contributed by atoms with E-state index in [1.165, 1.54) is 18.5 Å². The van der Waals surface area contributed by atoms with Crippen molar-refractivity contribution in [2.75, 3.05) is 13.6 Å². The Morgan fingerprint density at radius 1 is 1.19 bits per heavy atom. The van der Waals surface area contributed by atoms with Crippen molar-refractivity contribution in [2.45, 2.75) is 38.6 Å². The fraction of sp³-hybridized carbons (Fsp3) is 0.600. The lowest BCUT2D eigenvalue weighted by Gasteiger charge is -2.49. The molecule has 2 atom stereocenters. The normalized spacial score (nSPS) is 30.2. The third-order valence-electron chi connectivity index (χ3n) is 4.70. The molecule has 16 heavy (non-hydrogen) atoms. The topological polar surface area (TPSA) is 3.24 Å². The molecule has 0 bridgehead atoms. The number of hydrogen-bond donors (Lipinski definition) is 0. The van der Waals surface area contributed by atoms with Gasteiger partial charge in [0.15, 0.2) is 0 Å². The van der Waals surface area contributed by atoms with Crippen molar-refractivity contribution >= 4 is 0 Å². The average Bonchev–Trinajstić information content (AvgIpc) is 2.28. The molecule has 1 fully saturated rings. The van der Waals surface area contributed by atoms with E-state index < -0.39 is 0 Å². The minimum absolute atomic E-state index is 0.304. The Labute approximate surface area is 99.5 Å². The van der Waals surface area contributed by atoms with Crippen LogP contribution in [0.2, 0.25) is 0 Å². The molecule has 1 heterocycles. The van der Waals surface area contributed by atoms with Crippen LogP contribution in [0.25, 0.3) is 0 Å². The average molecular weight is 217 g/mol. The van der Waals surface area contributed by atoms with Crippen LogP contribution in [0.1, 0.15) is 38.7 Å². The smallest absolute Gasteiger partial charge is 0.0181 e. The second kappa shape index (κ2) is 4.21. The van der Waals surface area contributed by atoms with Gasteiger partial charge in [-0.15, -0.1) is 0 Å². The monoisotopic (exact) mass is 217 g/mol. The van der Waals surface area contributed by atoms with E-state index in [0.717, 1.165) is 0 Å². The molecule has 0 radical (unpaired) electrons. The first kappa shape index (κ1) is 11.7. The number of benzene rings is 1. The second-order valence-corrected chi connectivity index (χ2v) is 5.67. The SMILES string of the molecule is CC1C(c2ccccc2)CCN(C)C1(C)C. The zero-order valence-electron chi connectivity index (χ0n) is 10.9. The number of likely N-dealkylation sites (tertiary alicyclic amines) is 1. The van der Waals surface area contributed by atoms with Crippen LogP contribution < -0.4 is 0 Å². The second-order valence-electron chi connectivity index (χ2n) is 5.67. The van der Waals surface area contributed by atoms with E-state index in [-0.39, 0.29) is 0 Å². The molecule has 0 amide bonds. The maximum atomic E-state index is 2.50. The van der Waals surface area contributed by atoms with Gasteiger partial charge in [-0.25, -0.2) is 0 Å². The van der Waals surface area contributed by atoms with Crippen molar-refractivity contribution in [1.29, 1.82) is 0 Å². The largest absolute Gasteiger partial charge is 0.301 e. The van der Waals surface area contributed by atoms with E-state index in [9.17, 15) is 0 Å². The maximum absolute atomic E-state index is 2.50. The molecule has 0 aliphatic carbocycles. The van der Waals surface area contributed by atoms with Gasteiger partial charge in [-0.05, 0) is 51.3 Å². The van der Waals surface area contributed by atoms with Crippen LogP contribution in [0.15, 0.2) is 30.3 Å². The summed E-state index contributed by atoms with van der Waals surface area (Å²) < 4.78 is 0. The summed E-state index contributed by atoms with van der Waals surface area (Å²) in [5, 5.41) is 0. The molecule has 1 aromatic rings. The van der Waals surface area contributed by atoms with E-state index in [0.29, 0.717) is 17.4 Å². The predicted molar refractivity (Wildman–Crippen MR) is 69.7 cm³/mol. The van der Waals surface area contributed by atoms with Gasteiger partial charge in [-0.3, -0.25) is 0 Å². The molecule has 0 aromatic heterocycles. The lowest BCUT2D eigenvalue weighted by molar-refractivity contribution is 0.0386. The van der Waals surface area contributed by atoms with Crippen LogP contribution >= 0.6 is 0 Å². The molecule has 0 saturated carbocycles. The van der Waals surface area contributed by atoms with Gasteiger partial charge >= 0.3 is 0 Å². The Balaban J connectivity index is 2.25. The Bertz CT molecular complexity index is 342. The zero-order valence-corrected chi connectivity index (χ0v) is 10.9. The minimum atomic E-state index is 0.304. The lowest BCUT2D eigenvalue weighted by atomic mass is 9.71. The third-order valence-corrected chi connectivity index (χ3v) is 4.70. The summed E-state index contributed by atoms with van der Waals surface area (Å²) in [6.45, 7) is 8.34. The highest BCUT2D eigenvalue weighted by Crippen LogP contribution is 2.41. The first-order chi connectivity index (χ1) is 7.53. The fourth-order valence-electron chi connectivity index (χ4n) is 2.87. The predicted octanol–water partition coefficient (Wildman–Crippen LogP) is 3.52. The Hall–Kier alpha value is -0.820. The molecule has 1 aliphatic rings. The van der Waals surface area contributed by atoms with Crippen molar-refractivity contribution in [3.05, 3.63) is 35.9 Å². The summed E-state index contributed by atoms with van der Waals surface area (Å²) >= 11 is 0. The van der Waals surface area contributed by atoms with Crippen molar-refractivity contribution < 1.29 is 0 Å². The van der Waals surface area contributed by atoms with Gasteiger partial charge in [0.25, 0.3) is 0 Å². The molecule has 0 spiro atoms. The Morgan fingerprint density at radius 2 is 1.81 bits per heavy atom. The summed E-state index contributed by atoms with van der Waals surface area (Å²) in [6, 6.07) is 11.0. The molecular formula is C15H23N.